The molecule has 138 valence electrons. The lowest BCUT2D eigenvalue weighted by Crippen LogP contribution is -2.34. The number of unbranched alkanes of at least 4 members (excludes halogenated alkanes) is 1. The SMILES string of the molecule is CCCCOC(=O)C1=C(C)NC2=C(C(=O)CCC2)C1c1cccc(I)c1. The highest BCUT2D eigenvalue weighted by Gasteiger charge is 2.39. The predicted octanol–water partition coefficient (Wildman–Crippen LogP) is 4.60. The van der Waals surface area contributed by atoms with Crippen LogP contribution in [-0.4, -0.2) is 18.4 Å². The summed E-state index contributed by atoms with van der Waals surface area (Å²) in [5.74, 6) is -0.533. The van der Waals surface area contributed by atoms with Gasteiger partial charge in [0.1, 0.15) is 0 Å². The van der Waals surface area contributed by atoms with E-state index in [0.717, 1.165) is 51.8 Å². The fourth-order valence-corrected chi connectivity index (χ4v) is 4.23. The summed E-state index contributed by atoms with van der Waals surface area (Å²) in [5.41, 5.74) is 4.04. The molecule has 0 bridgehead atoms. The Morgan fingerprint density at radius 1 is 1.35 bits per heavy atom. The van der Waals surface area contributed by atoms with Crippen LogP contribution in [0.3, 0.4) is 0 Å². The second-order valence-electron chi connectivity index (χ2n) is 6.81. The van der Waals surface area contributed by atoms with Crippen LogP contribution >= 0.6 is 22.6 Å². The molecule has 5 heteroatoms. The predicted molar refractivity (Wildman–Crippen MR) is 109 cm³/mol. The molecular formula is C21H24INO3. The van der Waals surface area contributed by atoms with Crippen molar-refractivity contribution in [2.24, 2.45) is 0 Å². The maximum Gasteiger partial charge on any atom is 0.336 e. The molecule has 4 nitrogen and oxygen atoms in total. The number of rotatable bonds is 5. The topological polar surface area (TPSA) is 55.4 Å². The van der Waals surface area contributed by atoms with Crippen LogP contribution in [0.2, 0.25) is 0 Å². The zero-order chi connectivity index (χ0) is 18.7. The van der Waals surface area contributed by atoms with Crippen molar-refractivity contribution in [3.63, 3.8) is 0 Å². The van der Waals surface area contributed by atoms with Crippen LogP contribution in [0, 0.1) is 3.57 Å². The molecule has 1 N–H and O–H groups in total. The van der Waals surface area contributed by atoms with Crippen LogP contribution in [0.1, 0.15) is 57.4 Å². The van der Waals surface area contributed by atoms with E-state index in [1.165, 1.54) is 0 Å². The molecule has 1 unspecified atom stereocenters. The van der Waals surface area contributed by atoms with E-state index in [0.29, 0.717) is 18.6 Å². The van der Waals surface area contributed by atoms with Gasteiger partial charge in [-0.2, -0.15) is 0 Å². The van der Waals surface area contributed by atoms with Gasteiger partial charge in [0.15, 0.2) is 5.78 Å². The standard InChI is InChI=1S/C21H24INO3/c1-3-4-11-26-21(25)18-13(2)23-16-9-6-10-17(24)20(16)19(18)14-7-5-8-15(22)12-14/h5,7-8,12,19,23H,3-4,6,9-11H2,1-2H3. The van der Waals surface area contributed by atoms with E-state index in [2.05, 4.69) is 40.9 Å². The van der Waals surface area contributed by atoms with E-state index in [-0.39, 0.29) is 17.7 Å². The van der Waals surface area contributed by atoms with Crippen LogP contribution in [0.4, 0.5) is 0 Å². The Morgan fingerprint density at radius 3 is 2.88 bits per heavy atom. The summed E-state index contributed by atoms with van der Waals surface area (Å²) < 4.78 is 6.60. The largest absolute Gasteiger partial charge is 0.462 e. The van der Waals surface area contributed by atoms with Gasteiger partial charge in [-0.1, -0.05) is 25.5 Å². The zero-order valence-electron chi connectivity index (χ0n) is 15.2. The average molecular weight is 465 g/mol. The Balaban J connectivity index is 2.06. The number of carbonyl (C=O) groups excluding carboxylic acids is 2. The average Bonchev–Trinajstić information content (AvgIpc) is 2.61. The van der Waals surface area contributed by atoms with E-state index in [9.17, 15) is 9.59 Å². The molecule has 1 aliphatic carbocycles. The number of dihydropyridines is 1. The summed E-state index contributed by atoms with van der Waals surface area (Å²) in [6.45, 7) is 4.37. The quantitative estimate of drug-likeness (QED) is 0.392. The number of halogens is 1. The molecule has 2 aliphatic rings. The zero-order valence-corrected chi connectivity index (χ0v) is 17.4. The van der Waals surface area contributed by atoms with Gasteiger partial charge in [0.25, 0.3) is 0 Å². The molecule has 0 spiro atoms. The van der Waals surface area contributed by atoms with Crippen molar-refractivity contribution in [1.29, 1.82) is 0 Å². The molecule has 1 atom stereocenters. The van der Waals surface area contributed by atoms with Crippen molar-refractivity contribution in [3.8, 4) is 0 Å². The van der Waals surface area contributed by atoms with Gasteiger partial charge in [-0.05, 0) is 66.5 Å². The molecule has 1 aromatic carbocycles. The molecular weight excluding hydrogens is 441 g/mol. The molecule has 0 amide bonds. The van der Waals surface area contributed by atoms with E-state index in [1.807, 2.05) is 25.1 Å². The highest BCUT2D eigenvalue weighted by Crippen LogP contribution is 2.42. The number of ether oxygens (including phenoxy) is 1. The highest BCUT2D eigenvalue weighted by atomic mass is 127. The molecule has 0 aromatic heterocycles. The number of nitrogens with one attached hydrogen (secondary N) is 1. The summed E-state index contributed by atoms with van der Waals surface area (Å²) in [7, 11) is 0. The number of esters is 1. The van der Waals surface area contributed by atoms with Crippen LogP contribution in [0.5, 0.6) is 0 Å². The lowest BCUT2D eigenvalue weighted by molar-refractivity contribution is -0.139. The van der Waals surface area contributed by atoms with E-state index < -0.39 is 0 Å². The van der Waals surface area contributed by atoms with Gasteiger partial charge in [0, 0.05) is 32.9 Å². The molecule has 3 rings (SSSR count). The summed E-state index contributed by atoms with van der Waals surface area (Å²) in [4.78, 5) is 25.6. The maximum atomic E-state index is 12.9. The van der Waals surface area contributed by atoms with Gasteiger partial charge in [0.2, 0.25) is 0 Å². The minimum absolute atomic E-state index is 0.133. The van der Waals surface area contributed by atoms with Crippen molar-refractivity contribution in [1.82, 2.24) is 5.32 Å². The minimum atomic E-state index is -0.345. The van der Waals surface area contributed by atoms with Crippen molar-refractivity contribution in [2.75, 3.05) is 6.61 Å². The van der Waals surface area contributed by atoms with E-state index in [4.69, 9.17) is 4.74 Å². The van der Waals surface area contributed by atoms with Gasteiger partial charge in [0.05, 0.1) is 12.2 Å². The second kappa shape index (κ2) is 8.37. The lowest BCUT2D eigenvalue weighted by Gasteiger charge is -2.34. The molecule has 0 saturated heterocycles. The lowest BCUT2D eigenvalue weighted by atomic mass is 9.75. The Bertz CT molecular complexity index is 794. The molecule has 1 heterocycles. The van der Waals surface area contributed by atoms with Crippen molar-refractivity contribution < 1.29 is 14.3 Å². The summed E-state index contributed by atoms with van der Waals surface area (Å²) in [6.07, 6.45) is 4.05. The normalized spacial score (nSPS) is 20.0. The molecule has 0 fully saturated rings. The number of Topliss-reactive ketones (excluding diaryl/α,β-unsaturated/α-hetero) is 1. The van der Waals surface area contributed by atoms with Crippen LogP contribution in [-0.2, 0) is 14.3 Å². The number of hydrogen-bond acceptors (Lipinski definition) is 4. The van der Waals surface area contributed by atoms with Gasteiger partial charge in [-0.25, -0.2) is 4.79 Å². The molecule has 1 aliphatic heterocycles. The summed E-state index contributed by atoms with van der Waals surface area (Å²) >= 11 is 2.26. The number of hydrogen-bond donors (Lipinski definition) is 1. The molecule has 26 heavy (non-hydrogen) atoms. The highest BCUT2D eigenvalue weighted by molar-refractivity contribution is 14.1. The van der Waals surface area contributed by atoms with Gasteiger partial charge in [-0.15, -0.1) is 0 Å². The van der Waals surface area contributed by atoms with Crippen LogP contribution in [0.25, 0.3) is 0 Å². The third kappa shape index (κ3) is 3.87. The van der Waals surface area contributed by atoms with Crippen LogP contribution in [0.15, 0.2) is 46.8 Å². The Kier molecular flexibility index (Phi) is 6.16. The van der Waals surface area contributed by atoms with Gasteiger partial charge in [-0.3, -0.25) is 4.79 Å². The number of ketones is 1. The summed E-state index contributed by atoms with van der Waals surface area (Å²) in [5, 5.41) is 3.32. The summed E-state index contributed by atoms with van der Waals surface area (Å²) in [6, 6.07) is 8.04. The second-order valence-corrected chi connectivity index (χ2v) is 8.06. The van der Waals surface area contributed by atoms with E-state index in [1.54, 1.807) is 0 Å². The first-order chi connectivity index (χ1) is 12.5. The number of carbonyl (C=O) groups is 2. The Hall–Kier alpha value is -1.63. The number of allylic oxidation sites excluding steroid dienone is 3. The first-order valence-corrected chi connectivity index (χ1v) is 10.3. The van der Waals surface area contributed by atoms with Gasteiger partial charge >= 0.3 is 5.97 Å². The fraction of sp³-hybridized carbons (Fsp3) is 0.429. The van der Waals surface area contributed by atoms with Crippen molar-refractivity contribution in [2.45, 2.75) is 51.9 Å². The molecule has 0 saturated carbocycles. The third-order valence-corrected chi connectivity index (χ3v) is 5.58. The molecule has 0 radical (unpaired) electrons. The monoisotopic (exact) mass is 465 g/mol. The van der Waals surface area contributed by atoms with E-state index >= 15 is 0 Å². The van der Waals surface area contributed by atoms with Crippen molar-refractivity contribution >= 4 is 34.3 Å². The fourth-order valence-electron chi connectivity index (χ4n) is 3.66. The first kappa shape index (κ1) is 19.1. The molecule has 1 aromatic rings. The smallest absolute Gasteiger partial charge is 0.336 e. The third-order valence-electron chi connectivity index (χ3n) is 4.91. The number of benzene rings is 1. The maximum absolute atomic E-state index is 12.9. The van der Waals surface area contributed by atoms with Gasteiger partial charge < -0.3 is 10.1 Å². The Labute approximate surface area is 168 Å². The van der Waals surface area contributed by atoms with Crippen LogP contribution < -0.4 is 5.32 Å². The minimum Gasteiger partial charge on any atom is -0.462 e. The van der Waals surface area contributed by atoms with Crippen molar-refractivity contribution in [3.05, 3.63) is 55.9 Å². The Morgan fingerprint density at radius 2 is 2.15 bits per heavy atom. The first-order valence-electron chi connectivity index (χ1n) is 9.19.